The maximum absolute atomic E-state index is 13.1. The second-order valence-electron chi connectivity index (χ2n) is 10.2. The van der Waals surface area contributed by atoms with Crippen LogP contribution >= 0.6 is 11.8 Å². The Morgan fingerprint density at radius 2 is 1.80 bits per heavy atom. The second-order valence-corrected chi connectivity index (χ2v) is 11.3. The highest BCUT2D eigenvalue weighted by atomic mass is 32.2. The number of hydrogen-bond donors (Lipinski definition) is 1. The third-order valence-corrected chi connectivity index (χ3v) is 8.48. The summed E-state index contributed by atoms with van der Waals surface area (Å²) >= 11 is 1.45. The Kier molecular flexibility index (Phi) is 8.77. The summed E-state index contributed by atoms with van der Waals surface area (Å²) in [5, 5.41) is 3.05. The number of benzene rings is 3. The number of carbonyl (C=O) groups excluding carboxylic acids is 2. The van der Waals surface area contributed by atoms with Crippen LogP contribution in [0.2, 0.25) is 0 Å². The van der Waals surface area contributed by atoms with Gasteiger partial charge in [-0.1, -0.05) is 41.6 Å². The number of rotatable bonds is 8. The Hall–Kier alpha value is -3.75. The largest absolute Gasteiger partial charge is 0.497 e. The molecule has 0 spiro atoms. The third-order valence-electron chi connectivity index (χ3n) is 7.40. The quantitative estimate of drug-likeness (QED) is 0.309. The minimum Gasteiger partial charge on any atom is -0.497 e. The summed E-state index contributed by atoms with van der Waals surface area (Å²) in [6.45, 7) is 7.58. The van der Waals surface area contributed by atoms with Crippen LogP contribution in [0.3, 0.4) is 0 Å². The summed E-state index contributed by atoms with van der Waals surface area (Å²) in [6.07, 6.45) is 2.82. The van der Waals surface area contributed by atoms with E-state index < -0.39 is 0 Å². The Bertz CT molecular complexity index is 1400. The van der Waals surface area contributed by atoms with Gasteiger partial charge in [0.1, 0.15) is 5.75 Å². The number of thioether (sulfide) groups is 1. The van der Waals surface area contributed by atoms with Crippen LogP contribution in [0.4, 0.5) is 11.4 Å². The molecule has 1 N–H and O–H groups in total. The molecule has 0 unspecified atom stereocenters. The Morgan fingerprint density at radius 1 is 1.02 bits per heavy atom. The van der Waals surface area contributed by atoms with Crippen molar-refractivity contribution < 1.29 is 14.3 Å². The molecule has 1 saturated heterocycles. The van der Waals surface area contributed by atoms with E-state index in [-0.39, 0.29) is 11.8 Å². The van der Waals surface area contributed by atoms with Crippen LogP contribution in [0.5, 0.6) is 5.75 Å². The molecule has 0 aliphatic carbocycles. The van der Waals surface area contributed by atoms with E-state index in [4.69, 9.17) is 4.74 Å². The summed E-state index contributed by atoms with van der Waals surface area (Å²) in [5.41, 5.74) is 4.71. The molecule has 40 heavy (non-hydrogen) atoms. The summed E-state index contributed by atoms with van der Waals surface area (Å²) in [4.78, 5) is 34.1. The summed E-state index contributed by atoms with van der Waals surface area (Å²) < 4.78 is 5.26. The molecule has 5 rings (SSSR count). The number of hydrogen-bond acceptors (Lipinski definition) is 6. The predicted molar refractivity (Wildman–Crippen MR) is 163 cm³/mol. The predicted octanol–water partition coefficient (Wildman–Crippen LogP) is 5.06. The van der Waals surface area contributed by atoms with E-state index in [1.807, 2.05) is 61.5 Å². The number of fused-ring (bicyclic) bond motifs is 1. The van der Waals surface area contributed by atoms with Gasteiger partial charge >= 0.3 is 0 Å². The van der Waals surface area contributed by atoms with E-state index in [1.54, 1.807) is 19.1 Å². The number of likely N-dealkylation sites (N-methyl/N-ethyl adjacent to an activating group) is 1. The normalized spacial score (nSPS) is 16.7. The zero-order valence-electron chi connectivity index (χ0n) is 23.4. The fourth-order valence-corrected chi connectivity index (χ4v) is 6.17. The van der Waals surface area contributed by atoms with Crippen molar-refractivity contribution in [2.45, 2.75) is 18.2 Å². The van der Waals surface area contributed by atoms with Crippen molar-refractivity contribution in [2.75, 3.05) is 63.2 Å². The van der Waals surface area contributed by atoms with Crippen LogP contribution < -0.4 is 19.9 Å². The highest BCUT2D eigenvalue weighted by Gasteiger charge is 2.27. The van der Waals surface area contributed by atoms with Gasteiger partial charge in [-0.25, -0.2) is 0 Å². The van der Waals surface area contributed by atoms with Gasteiger partial charge in [-0.15, -0.1) is 0 Å². The molecule has 8 heteroatoms. The molecule has 0 bridgehead atoms. The summed E-state index contributed by atoms with van der Waals surface area (Å²) in [5.74, 6) is 0.696. The van der Waals surface area contributed by atoms with Gasteiger partial charge in [0.2, 0.25) is 0 Å². The molecular formula is C32H36N4O3S. The number of anilines is 2. The first-order valence-electron chi connectivity index (χ1n) is 13.7. The monoisotopic (exact) mass is 556 g/mol. The van der Waals surface area contributed by atoms with Gasteiger partial charge in [0, 0.05) is 55.9 Å². The molecule has 3 aromatic carbocycles. The topological polar surface area (TPSA) is 65.1 Å². The zero-order chi connectivity index (χ0) is 28.1. The van der Waals surface area contributed by atoms with E-state index >= 15 is 0 Å². The van der Waals surface area contributed by atoms with Gasteiger partial charge in [-0.05, 0) is 74.0 Å². The van der Waals surface area contributed by atoms with Crippen LogP contribution in [0.15, 0.2) is 76.5 Å². The van der Waals surface area contributed by atoms with Crippen molar-refractivity contribution in [3.63, 3.8) is 0 Å². The van der Waals surface area contributed by atoms with Crippen molar-refractivity contribution in [3.05, 3.63) is 88.3 Å². The number of piperazine rings is 1. The number of aryl methyl sites for hydroxylation is 1. The molecular weight excluding hydrogens is 520 g/mol. The van der Waals surface area contributed by atoms with Gasteiger partial charge in [0.25, 0.3) is 11.8 Å². The lowest BCUT2D eigenvalue weighted by Gasteiger charge is -2.36. The van der Waals surface area contributed by atoms with Crippen LogP contribution in [-0.4, -0.2) is 70.1 Å². The summed E-state index contributed by atoms with van der Waals surface area (Å²) in [6, 6.07) is 21.9. The molecule has 0 radical (unpaired) electrons. The number of carbonyl (C=O) groups is 2. The third kappa shape index (κ3) is 6.51. The number of ether oxygens (including phenoxy) is 1. The number of methoxy groups -OCH3 is 1. The fraction of sp³-hybridized carbons (Fsp3) is 0.312. The first-order chi connectivity index (χ1) is 19.4. The lowest BCUT2D eigenvalue weighted by molar-refractivity contribution is -0.114. The van der Waals surface area contributed by atoms with E-state index in [0.717, 1.165) is 66.6 Å². The van der Waals surface area contributed by atoms with E-state index in [2.05, 4.69) is 33.3 Å². The molecule has 0 atom stereocenters. The number of nitrogens with zero attached hydrogens (tertiary/aromatic N) is 3. The molecule has 3 aromatic rings. The highest BCUT2D eigenvalue weighted by Crippen LogP contribution is 2.42. The van der Waals surface area contributed by atoms with Crippen LogP contribution in [0, 0.1) is 6.92 Å². The smallest absolute Gasteiger partial charge is 0.264 e. The van der Waals surface area contributed by atoms with Crippen molar-refractivity contribution in [2.24, 2.45) is 0 Å². The minimum atomic E-state index is -0.112. The van der Waals surface area contributed by atoms with E-state index in [0.29, 0.717) is 17.0 Å². The van der Waals surface area contributed by atoms with Gasteiger partial charge < -0.3 is 19.9 Å². The maximum atomic E-state index is 13.1. The highest BCUT2D eigenvalue weighted by molar-refractivity contribution is 8.04. The maximum Gasteiger partial charge on any atom is 0.264 e. The van der Waals surface area contributed by atoms with Crippen molar-refractivity contribution in [3.8, 4) is 5.75 Å². The second kappa shape index (κ2) is 12.6. The van der Waals surface area contributed by atoms with Crippen molar-refractivity contribution >= 4 is 41.0 Å². The number of amides is 2. The molecule has 7 nitrogen and oxygen atoms in total. The molecule has 2 heterocycles. The lowest BCUT2D eigenvalue weighted by Crippen LogP contribution is -2.47. The minimum absolute atomic E-state index is 0.0661. The average Bonchev–Trinajstić information content (AvgIpc) is 2.98. The van der Waals surface area contributed by atoms with Crippen molar-refractivity contribution in [1.82, 2.24) is 10.2 Å². The molecule has 1 fully saturated rings. The van der Waals surface area contributed by atoms with Crippen molar-refractivity contribution in [1.29, 1.82) is 0 Å². The lowest BCUT2D eigenvalue weighted by atomic mass is 10.1. The Morgan fingerprint density at radius 3 is 2.52 bits per heavy atom. The van der Waals surface area contributed by atoms with Crippen LogP contribution in [0.1, 0.15) is 27.9 Å². The molecule has 208 valence electrons. The zero-order valence-corrected chi connectivity index (χ0v) is 24.2. The molecule has 2 aliphatic rings. The first-order valence-corrected chi connectivity index (χ1v) is 14.5. The van der Waals surface area contributed by atoms with E-state index in [9.17, 15) is 9.59 Å². The van der Waals surface area contributed by atoms with Gasteiger partial charge in [-0.3, -0.25) is 14.5 Å². The van der Waals surface area contributed by atoms with Gasteiger partial charge in [0.15, 0.2) is 0 Å². The Labute approximate surface area is 240 Å². The first kappa shape index (κ1) is 27.8. The van der Waals surface area contributed by atoms with Crippen LogP contribution in [-0.2, 0) is 4.79 Å². The van der Waals surface area contributed by atoms with Gasteiger partial charge in [-0.2, -0.15) is 0 Å². The molecule has 2 amide bonds. The SMILES string of the molecule is COc1ccc(N2CCN(CCCNC(=O)c3ccc4c(c3)N(C)C(=O)/C(=C\c3cccc(C)c3)S4)CC2)cc1. The average molecular weight is 557 g/mol. The van der Waals surface area contributed by atoms with E-state index in [1.165, 1.54) is 17.4 Å². The van der Waals surface area contributed by atoms with Crippen LogP contribution in [0.25, 0.3) is 6.08 Å². The van der Waals surface area contributed by atoms with Gasteiger partial charge in [0.05, 0.1) is 17.7 Å². The Balaban J connectivity index is 1.10. The summed E-state index contributed by atoms with van der Waals surface area (Å²) in [7, 11) is 3.45. The molecule has 0 aromatic heterocycles. The molecule has 0 saturated carbocycles. The molecule has 2 aliphatic heterocycles. The fourth-order valence-electron chi connectivity index (χ4n) is 5.08. The number of nitrogens with one attached hydrogen (secondary N) is 1. The standard InChI is InChI=1S/C32H36N4O3S/c1-23-6-4-7-24(20-23)21-30-32(38)34(2)28-22-25(8-13-29(28)40-30)31(37)33-14-5-15-35-16-18-36(19-17-35)26-9-11-27(39-3)12-10-26/h4,6-13,20-22H,5,14-19H2,1-3H3,(H,33,37)/b30-21+.